The van der Waals surface area contributed by atoms with Gasteiger partial charge < -0.3 is 4.74 Å². The predicted molar refractivity (Wildman–Crippen MR) is 75.4 cm³/mol. The fourth-order valence-corrected chi connectivity index (χ4v) is 2.98. The molecule has 0 unspecified atom stereocenters. The van der Waals surface area contributed by atoms with Crippen LogP contribution in [0.5, 0.6) is 0 Å². The Balaban J connectivity index is 1.77. The molecular weight excluding hydrogens is 274 g/mol. The molecule has 3 rings (SSSR count). The van der Waals surface area contributed by atoms with Gasteiger partial charge in [-0.05, 0) is 49.3 Å². The van der Waals surface area contributed by atoms with E-state index in [0.29, 0.717) is 10.6 Å². The molecule has 2 aromatic heterocycles. The van der Waals surface area contributed by atoms with Crippen LogP contribution in [0.25, 0.3) is 11.3 Å². The highest BCUT2D eigenvalue weighted by atomic mass is 32.1. The van der Waals surface area contributed by atoms with Crippen LogP contribution in [-0.2, 0) is 4.74 Å². The maximum absolute atomic E-state index is 12.3. The summed E-state index contributed by atoms with van der Waals surface area (Å²) in [5.41, 5.74) is 1.35. The van der Waals surface area contributed by atoms with Crippen molar-refractivity contribution in [3.05, 3.63) is 29.4 Å². The molecule has 0 atom stereocenters. The van der Waals surface area contributed by atoms with Crippen LogP contribution in [0.3, 0.4) is 0 Å². The van der Waals surface area contributed by atoms with Crippen molar-refractivity contribution < 1.29 is 9.53 Å². The van der Waals surface area contributed by atoms with Crippen LogP contribution in [0.1, 0.15) is 41.8 Å². The third kappa shape index (κ3) is 2.85. The second kappa shape index (κ2) is 6.09. The Kier molecular flexibility index (Phi) is 4.01. The highest BCUT2D eigenvalue weighted by molar-refractivity contribution is 7.08. The van der Waals surface area contributed by atoms with Crippen molar-refractivity contribution in [2.24, 2.45) is 0 Å². The van der Waals surface area contributed by atoms with Gasteiger partial charge in [0.05, 0.1) is 0 Å². The summed E-state index contributed by atoms with van der Waals surface area (Å²) in [5.74, 6) is -0.314. The summed E-state index contributed by atoms with van der Waals surface area (Å²) in [5, 5.41) is 4.03. The van der Waals surface area contributed by atoms with Crippen LogP contribution >= 0.6 is 11.5 Å². The van der Waals surface area contributed by atoms with Crippen LogP contribution in [0.4, 0.5) is 0 Å². The number of hydrogen-bond donors (Lipinski definition) is 0. The molecule has 0 aromatic carbocycles. The molecule has 0 saturated heterocycles. The normalized spacial score (nSPS) is 16.0. The van der Waals surface area contributed by atoms with Crippen LogP contribution in [0.2, 0.25) is 0 Å². The first kappa shape index (κ1) is 13.2. The lowest BCUT2D eigenvalue weighted by atomic mass is 9.98. The van der Waals surface area contributed by atoms with Crippen molar-refractivity contribution in [1.82, 2.24) is 14.6 Å². The fraction of sp³-hybridized carbons (Fsp3) is 0.429. The van der Waals surface area contributed by atoms with E-state index in [1.807, 2.05) is 12.1 Å². The van der Waals surface area contributed by atoms with Crippen molar-refractivity contribution in [2.75, 3.05) is 0 Å². The molecule has 6 heteroatoms. The monoisotopic (exact) mass is 289 g/mol. The highest BCUT2D eigenvalue weighted by Crippen LogP contribution is 2.26. The van der Waals surface area contributed by atoms with E-state index >= 15 is 0 Å². The number of pyridine rings is 1. The molecule has 20 heavy (non-hydrogen) atoms. The molecule has 2 heterocycles. The zero-order valence-corrected chi connectivity index (χ0v) is 11.8. The lowest BCUT2D eigenvalue weighted by molar-refractivity contribution is 0.0217. The van der Waals surface area contributed by atoms with Crippen LogP contribution in [0, 0.1) is 0 Å². The van der Waals surface area contributed by atoms with Gasteiger partial charge in [-0.1, -0.05) is 10.9 Å². The van der Waals surface area contributed by atoms with Gasteiger partial charge in [0, 0.05) is 18.0 Å². The van der Waals surface area contributed by atoms with Gasteiger partial charge in [-0.3, -0.25) is 4.98 Å². The maximum atomic E-state index is 12.3. The molecule has 1 aliphatic carbocycles. The zero-order chi connectivity index (χ0) is 13.8. The van der Waals surface area contributed by atoms with E-state index in [1.54, 1.807) is 12.4 Å². The average molecular weight is 289 g/mol. The summed E-state index contributed by atoms with van der Waals surface area (Å²) in [4.78, 5) is 16.8. The van der Waals surface area contributed by atoms with Crippen molar-refractivity contribution in [3.63, 3.8) is 0 Å². The summed E-state index contributed by atoms with van der Waals surface area (Å²) in [7, 11) is 0. The topological polar surface area (TPSA) is 65.0 Å². The van der Waals surface area contributed by atoms with E-state index in [2.05, 4.69) is 14.6 Å². The predicted octanol–water partition coefficient (Wildman–Crippen LogP) is 3.09. The molecule has 1 aliphatic rings. The number of hydrogen-bond acceptors (Lipinski definition) is 6. The zero-order valence-electron chi connectivity index (χ0n) is 11.0. The van der Waals surface area contributed by atoms with Gasteiger partial charge in [-0.25, -0.2) is 4.79 Å². The van der Waals surface area contributed by atoms with Crippen molar-refractivity contribution in [3.8, 4) is 11.3 Å². The number of esters is 1. The average Bonchev–Trinajstić information content (AvgIpc) is 2.99. The van der Waals surface area contributed by atoms with Gasteiger partial charge in [0.2, 0.25) is 0 Å². The standard InChI is InChI=1S/C14H15N3O2S/c18-14(19-11-6-2-1-3-7-11)13-12(16-17-20-13)10-5-4-8-15-9-10/h4-5,8-9,11H,1-3,6-7H2. The summed E-state index contributed by atoms with van der Waals surface area (Å²) < 4.78 is 9.44. The minimum atomic E-state index is -0.314. The second-order valence-corrected chi connectivity index (χ2v) is 5.61. The first-order valence-electron chi connectivity index (χ1n) is 6.78. The van der Waals surface area contributed by atoms with Gasteiger partial charge in [0.15, 0.2) is 4.88 Å². The van der Waals surface area contributed by atoms with E-state index in [-0.39, 0.29) is 12.1 Å². The molecule has 0 radical (unpaired) electrons. The third-order valence-corrected chi connectivity index (χ3v) is 4.14. The molecule has 0 N–H and O–H groups in total. The molecule has 1 saturated carbocycles. The van der Waals surface area contributed by atoms with Crippen molar-refractivity contribution in [2.45, 2.75) is 38.2 Å². The van der Waals surface area contributed by atoms with Crippen LogP contribution in [-0.4, -0.2) is 26.6 Å². The highest BCUT2D eigenvalue weighted by Gasteiger charge is 2.23. The molecular formula is C14H15N3O2S. The number of carbonyl (C=O) groups is 1. The van der Waals surface area contributed by atoms with E-state index in [0.717, 1.165) is 42.8 Å². The smallest absolute Gasteiger partial charge is 0.352 e. The largest absolute Gasteiger partial charge is 0.458 e. The van der Waals surface area contributed by atoms with E-state index in [1.165, 1.54) is 6.42 Å². The molecule has 104 valence electrons. The molecule has 1 fully saturated rings. The number of rotatable bonds is 3. The Morgan fingerprint density at radius 2 is 2.15 bits per heavy atom. The van der Waals surface area contributed by atoms with E-state index < -0.39 is 0 Å². The summed E-state index contributed by atoms with van der Waals surface area (Å²) in [6.07, 6.45) is 8.82. The van der Waals surface area contributed by atoms with Gasteiger partial charge in [0.1, 0.15) is 11.8 Å². The first-order valence-corrected chi connectivity index (χ1v) is 7.55. The molecule has 0 aliphatic heterocycles. The minimum absolute atomic E-state index is 0.0418. The number of nitrogens with zero attached hydrogens (tertiary/aromatic N) is 3. The van der Waals surface area contributed by atoms with Gasteiger partial charge in [0.25, 0.3) is 0 Å². The maximum Gasteiger partial charge on any atom is 0.352 e. The molecule has 5 nitrogen and oxygen atoms in total. The summed E-state index contributed by atoms with van der Waals surface area (Å²) in [6.45, 7) is 0. The van der Waals surface area contributed by atoms with Crippen LogP contribution in [0.15, 0.2) is 24.5 Å². The lowest BCUT2D eigenvalue weighted by Crippen LogP contribution is -2.20. The lowest BCUT2D eigenvalue weighted by Gasteiger charge is -2.21. The number of carbonyl (C=O) groups excluding carboxylic acids is 1. The SMILES string of the molecule is O=C(OC1CCCCC1)c1snnc1-c1cccnc1. The van der Waals surface area contributed by atoms with Crippen molar-refractivity contribution >= 4 is 17.5 Å². The molecule has 0 bridgehead atoms. The number of ether oxygens (including phenoxy) is 1. The van der Waals surface area contributed by atoms with Gasteiger partial charge in [-0.2, -0.15) is 0 Å². The quantitative estimate of drug-likeness (QED) is 0.812. The molecule has 2 aromatic rings. The van der Waals surface area contributed by atoms with Crippen molar-refractivity contribution in [1.29, 1.82) is 0 Å². The van der Waals surface area contributed by atoms with E-state index in [9.17, 15) is 4.79 Å². The van der Waals surface area contributed by atoms with Crippen LogP contribution < -0.4 is 0 Å². The second-order valence-electron chi connectivity index (χ2n) is 4.86. The molecule has 0 spiro atoms. The minimum Gasteiger partial charge on any atom is -0.458 e. The van der Waals surface area contributed by atoms with E-state index in [4.69, 9.17) is 4.74 Å². The Hall–Kier alpha value is -1.82. The summed E-state index contributed by atoms with van der Waals surface area (Å²) >= 11 is 1.08. The van der Waals surface area contributed by atoms with Gasteiger partial charge in [-0.15, -0.1) is 5.10 Å². The molecule has 0 amide bonds. The Morgan fingerprint density at radius 3 is 2.90 bits per heavy atom. The Bertz CT molecular complexity index is 579. The van der Waals surface area contributed by atoms with Gasteiger partial charge >= 0.3 is 5.97 Å². The Morgan fingerprint density at radius 1 is 1.30 bits per heavy atom. The number of aromatic nitrogens is 3. The first-order chi connectivity index (χ1) is 9.84. The Labute approximate surface area is 121 Å². The third-order valence-electron chi connectivity index (χ3n) is 3.43. The summed E-state index contributed by atoms with van der Waals surface area (Å²) in [6, 6.07) is 3.67. The fourth-order valence-electron chi connectivity index (χ4n) is 2.40.